The first-order chi connectivity index (χ1) is 8.88. The van der Waals surface area contributed by atoms with Crippen LogP contribution in [0, 0.1) is 0 Å². The summed E-state index contributed by atoms with van der Waals surface area (Å²) in [6.45, 7) is 0.581. The summed E-state index contributed by atoms with van der Waals surface area (Å²) >= 11 is 1.56. The number of aromatic nitrogens is 4. The minimum Gasteiger partial charge on any atom is -0.467 e. The quantitative estimate of drug-likeness (QED) is 0.701. The lowest BCUT2D eigenvalue weighted by Gasteiger charge is -2.04. The van der Waals surface area contributed by atoms with E-state index in [1.807, 2.05) is 18.4 Å². The SMILES string of the molecule is CSc1n[nH]c2ncnc(NCc3ccco3)c12. The Morgan fingerprint density at radius 2 is 2.39 bits per heavy atom. The molecule has 0 fully saturated rings. The molecule has 0 amide bonds. The summed E-state index contributed by atoms with van der Waals surface area (Å²) in [6.07, 6.45) is 5.13. The van der Waals surface area contributed by atoms with Crippen LogP contribution in [0.25, 0.3) is 11.0 Å². The molecule has 3 aromatic heterocycles. The Bertz CT molecular complexity index is 649. The van der Waals surface area contributed by atoms with Gasteiger partial charge in [0.1, 0.15) is 22.9 Å². The molecule has 7 heteroatoms. The molecule has 0 aromatic carbocycles. The monoisotopic (exact) mass is 261 g/mol. The van der Waals surface area contributed by atoms with Crippen molar-refractivity contribution in [3.63, 3.8) is 0 Å². The number of hydrogen-bond donors (Lipinski definition) is 2. The van der Waals surface area contributed by atoms with Crippen LogP contribution in [-0.2, 0) is 6.54 Å². The largest absolute Gasteiger partial charge is 0.467 e. The lowest BCUT2D eigenvalue weighted by atomic mass is 10.3. The van der Waals surface area contributed by atoms with Crippen LogP contribution in [0.15, 0.2) is 34.2 Å². The van der Waals surface area contributed by atoms with Crippen molar-refractivity contribution < 1.29 is 4.42 Å². The highest BCUT2D eigenvalue weighted by molar-refractivity contribution is 7.98. The summed E-state index contributed by atoms with van der Waals surface area (Å²) in [5, 5.41) is 12.1. The smallest absolute Gasteiger partial charge is 0.161 e. The first-order valence-electron chi connectivity index (χ1n) is 5.38. The fourth-order valence-corrected chi connectivity index (χ4v) is 2.23. The van der Waals surface area contributed by atoms with Gasteiger partial charge in [-0.15, -0.1) is 11.8 Å². The van der Waals surface area contributed by atoms with Crippen LogP contribution in [0.1, 0.15) is 5.76 Å². The second kappa shape index (κ2) is 4.69. The van der Waals surface area contributed by atoms with Crippen molar-refractivity contribution >= 4 is 28.6 Å². The van der Waals surface area contributed by atoms with E-state index in [0.717, 1.165) is 27.6 Å². The molecule has 0 bridgehead atoms. The molecule has 0 unspecified atom stereocenters. The van der Waals surface area contributed by atoms with E-state index >= 15 is 0 Å². The second-order valence-corrected chi connectivity index (χ2v) is 4.41. The second-order valence-electron chi connectivity index (χ2n) is 3.61. The summed E-state index contributed by atoms with van der Waals surface area (Å²) in [5.41, 5.74) is 0.733. The van der Waals surface area contributed by atoms with Crippen LogP contribution in [0.5, 0.6) is 0 Å². The van der Waals surface area contributed by atoms with Crippen LogP contribution in [0.3, 0.4) is 0 Å². The maximum absolute atomic E-state index is 5.27. The summed E-state index contributed by atoms with van der Waals surface area (Å²) in [5.74, 6) is 1.62. The van der Waals surface area contributed by atoms with Crippen LogP contribution >= 0.6 is 11.8 Å². The first kappa shape index (κ1) is 11.1. The zero-order valence-electron chi connectivity index (χ0n) is 9.67. The van der Waals surface area contributed by atoms with Crippen molar-refractivity contribution in [2.45, 2.75) is 11.6 Å². The van der Waals surface area contributed by atoms with E-state index in [0.29, 0.717) is 6.54 Å². The lowest BCUT2D eigenvalue weighted by molar-refractivity contribution is 0.518. The van der Waals surface area contributed by atoms with Gasteiger partial charge >= 0.3 is 0 Å². The summed E-state index contributed by atoms with van der Waals surface area (Å²) < 4.78 is 5.27. The summed E-state index contributed by atoms with van der Waals surface area (Å²) in [4.78, 5) is 8.40. The number of thioether (sulfide) groups is 1. The third-order valence-electron chi connectivity index (χ3n) is 2.53. The number of hydrogen-bond acceptors (Lipinski definition) is 6. The number of nitrogens with one attached hydrogen (secondary N) is 2. The van der Waals surface area contributed by atoms with Gasteiger partial charge in [0, 0.05) is 0 Å². The van der Waals surface area contributed by atoms with E-state index in [9.17, 15) is 0 Å². The van der Waals surface area contributed by atoms with E-state index in [2.05, 4.69) is 25.5 Å². The molecule has 18 heavy (non-hydrogen) atoms. The summed E-state index contributed by atoms with van der Waals surface area (Å²) in [7, 11) is 0. The molecular formula is C11H11N5OS. The van der Waals surface area contributed by atoms with Crippen molar-refractivity contribution in [1.82, 2.24) is 20.2 Å². The van der Waals surface area contributed by atoms with Gasteiger partial charge in [-0.3, -0.25) is 5.10 Å². The normalized spacial score (nSPS) is 10.9. The average Bonchev–Trinajstić information content (AvgIpc) is 3.05. The Hall–Kier alpha value is -2.02. The molecule has 3 aromatic rings. The van der Waals surface area contributed by atoms with E-state index < -0.39 is 0 Å². The molecule has 0 saturated heterocycles. The van der Waals surface area contributed by atoms with Crippen molar-refractivity contribution in [2.75, 3.05) is 11.6 Å². The fraction of sp³-hybridized carbons (Fsp3) is 0.182. The molecule has 3 rings (SSSR count). The Morgan fingerprint density at radius 1 is 1.44 bits per heavy atom. The number of fused-ring (bicyclic) bond motifs is 1. The number of aromatic amines is 1. The molecule has 0 aliphatic carbocycles. The Labute approximate surface area is 107 Å². The van der Waals surface area contributed by atoms with Crippen molar-refractivity contribution in [1.29, 1.82) is 0 Å². The van der Waals surface area contributed by atoms with Crippen LogP contribution in [-0.4, -0.2) is 26.4 Å². The first-order valence-corrected chi connectivity index (χ1v) is 6.60. The van der Waals surface area contributed by atoms with Crippen molar-refractivity contribution in [3.8, 4) is 0 Å². The molecule has 0 aliphatic heterocycles. The fourth-order valence-electron chi connectivity index (χ4n) is 1.70. The topological polar surface area (TPSA) is 79.6 Å². The minimum absolute atomic E-state index is 0.581. The van der Waals surface area contributed by atoms with E-state index in [4.69, 9.17) is 4.42 Å². The Balaban J connectivity index is 1.93. The van der Waals surface area contributed by atoms with Crippen molar-refractivity contribution in [2.24, 2.45) is 0 Å². The van der Waals surface area contributed by atoms with Gasteiger partial charge in [0.15, 0.2) is 5.65 Å². The molecule has 3 heterocycles. The average molecular weight is 261 g/mol. The Kier molecular flexibility index (Phi) is 2.89. The number of furan rings is 1. The van der Waals surface area contributed by atoms with E-state index in [1.54, 1.807) is 18.0 Å². The summed E-state index contributed by atoms with van der Waals surface area (Å²) in [6, 6.07) is 3.77. The number of anilines is 1. The standard InChI is InChI=1S/C11H11N5OS/c1-18-11-8-9(12-5-7-3-2-4-17-7)13-6-14-10(8)15-16-11/h2-4,6H,5H2,1H3,(H2,12,13,14,15,16). The van der Waals surface area contributed by atoms with Gasteiger partial charge < -0.3 is 9.73 Å². The lowest BCUT2D eigenvalue weighted by Crippen LogP contribution is -2.01. The van der Waals surface area contributed by atoms with Gasteiger partial charge in [-0.05, 0) is 18.4 Å². The molecule has 92 valence electrons. The maximum Gasteiger partial charge on any atom is 0.161 e. The molecular weight excluding hydrogens is 250 g/mol. The highest BCUT2D eigenvalue weighted by Crippen LogP contribution is 2.27. The minimum atomic E-state index is 0.581. The molecule has 0 saturated carbocycles. The Morgan fingerprint density at radius 3 is 3.17 bits per heavy atom. The molecule has 2 N–H and O–H groups in total. The third kappa shape index (κ3) is 1.92. The zero-order chi connectivity index (χ0) is 12.4. The van der Waals surface area contributed by atoms with Crippen LogP contribution in [0.4, 0.5) is 5.82 Å². The van der Waals surface area contributed by atoms with Gasteiger partial charge in [0.25, 0.3) is 0 Å². The van der Waals surface area contributed by atoms with Gasteiger partial charge in [-0.1, -0.05) is 0 Å². The van der Waals surface area contributed by atoms with Gasteiger partial charge in [-0.2, -0.15) is 5.10 Å². The zero-order valence-corrected chi connectivity index (χ0v) is 10.5. The maximum atomic E-state index is 5.27. The van der Waals surface area contributed by atoms with Crippen LogP contribution in [0.2, 0.25) is 0 Å². The third-order valence-corrected chi connectivity index (χ3v) is 3.21. The van der Waals surface area contributed by atoms with Gasteiger partial charge in [0.05, 0.1) is 18.2 Å². The van der Waals surface area contributed by atoms with Crippen LogP contribution < -0.4 is 5.32 Å². The van der Waals surface area contributed by atoms with E-state index in [-0.39, 0.29) is 0 Å². The molecule has 0 atom stereocenters. The predicted molar refractivity (Wildman–Crippen MR) is 69.5 cm³/mol. The van der Waals surface area contributed by atoms with Crippen molar-refractivity contribution in [3.05, 3.63) is 30.5 Å². The highest BCUT2D eigenvalue weighted by atomic mass is 32.2. The van der Waals surface area contributed by atoms with Gasteiger partial charge in [-0.25, -0.2) is 9.97 Å². The van der Waals surface area contributed by atoms with Gasteiger partial charge in [0.2, 0.25) is 0 Å². The number of H-pyrrole nitrogens is 1. The predicted octanol–water partition coefficient (Wildman–Crippen LogP) is 2.28. The molecule has 0 radical (unpaired) electrons. The molecule has 0 spiro atoms. The van der Waals surface area contributed by atoms with E-state index in [1.165, 1.54) is 6.33 Å². The molecule has 0 aliphatic rings. The number of rotatable bonds is 4. The number of nitrogens with zero attached hydrogens (tertiary/aromatic N) is 3. The molecule has 6 nitrogen and oxygen atoms in total. The highest BCUT2D eigenvalue weighted by Gasteiger charge is 2.11.